The van der Waals surface area contributed by atoms with Crippen LogP contribution in [0.3, 0.4) is 0 Å². The van der Waals surface area contributed by atoms with Gasteiger partial charge in [0.15, 0.2) is 23.0 Å². The summed E-state index contributed by atoms with van der Waals surface area (Å²) < 4.78 is 27.0. The summed E-state index contributed by atoms with van der Waals surface area (Å²) in [5, 5.41) is 33.3. The van der Waals surface area contributed by atoms with Gasteiger partial charge in [0.25, 0.3) is 0 Å². The normalized spacial score (nSPS) is 14.2. The van der Waals surface area contributed by atoms with Crippen LogP contribution >= 0.6 is 0 Å². The Morgan fingerprint density at radius 1 is 0.946 bits per heavy atom. The Morgan fingerprint density at radius 3 is 2.03 bits per heavy atom. The van der Waals surface area contributed by atoms with Crippen LogP contribution in [0.1, 0.15) is 37.8 Å². The highest BCUT2D eigenvalue weighted by molar-refractivity contribution is 5.59. The van der Waals surface area contributed by atoms with Gasteiger partial charge in [-0.15, -0.1) is 0 Å². The number of hydrogen-bond acceptors (Lipinski definition) is 9. The molecule has 37 heavy (non-hydrogen) atoms. The van der Waals surface area contributed by atoms with E-state index in [1.165, 1.54) is 35.5 Å². The molecule has 0 amide bonds. The molecule has 0 radical (unpaired) electrons. The van der Waals surface area contributed by atoms with Gasteiger partial charge in [0.05, 0.1) is 47.0 Å². The van der Waals surface area contributed by atoms with Crippen molar-refractivity contribution in [2.24, 2.45) is 5.92 Å². The zero-order valence-corrected chi connectivity index (χ0v) is 22.4. The van der Waals surface area contributed by atoms with E-state index >= 15 is 0 Å². The summed E-state index contributed by atoms with van der Waals surface area (Å²) >= 11 is 0. The van der Waals surface area contributed by atoms with Crippen LogP contribution in [-0.2, 0) is 11.8 Å². The fraction of sp³-hybridized carbons (Fsp3) is 0.519. The van der Waals surface area contributed by atoms with E-state index in [2.05, 4.69) is 6.07 Å². The summed E-state index contributed by atoms with van der Waals surface area (Å²) in [6.07, 6.45) is -1.15. The number of hydrogen-bond donors (Lipinski definition) is 1. The molecule has 0 aromatic heterocycles. The highest BCUT2D eigenvalue weighted by Gasteiger charge is 2.42. The van der Waals surface area contributed by atoms with Crippen LogP contribution in [0.25, 0.3) is 0 Å². The Morgan fingerprint density at radius 2 is 1.54 bits per heavy atom. The van der Waals surface area contributed by atoms with Crippen molar-refractivity contribution in [1.29, 1.82) is 5.26 Å². The number of ether oxygens (including phenoxy) is 5. The van der Waals surface area contributed by atoms with E-state index in [-0.39, 0.29) is 25.2 Å². The van der Waals surface area contributed by atoms with Crippen molar-refractivity contribution in [3.8, 4) is 34.8 Å². The van der Waals surface area contributed by atoms with Crippen molar-refractivity contribution in [1.82, 2.24) is 0 Å². The van der Waals surface area contributed by atoms with Gasteiger partial charge in [0.1, 0.15) is 6.10 Å². The minimum atomic E-state index is -1.30. The summed E-state index contributed by atoms with van der Waals surface area (Å²) in [5.74, 6) is 1.88. The van der Waals surface area contributed by atoms with Crippen LogP contribution in [0, 0.1) is 27.4 Å². The lowest BCUT2D eigenvalue weighted by Crippen LogP contribution is -2.39. The average Bonchev–Trinajstić information content (AvgIpc) is 2.90. The SMILES string of the molecule is COc1ccc(CC(C(O)CCC(C#N)(c2ccc(OC)c(OC)c2OC)C(C)C)[N+](=O)[O-])cc1OC. The summed E-state index contributed by atoms with van der Waals surface area (Å²) in [6, 6.07) is 9.58. The van der Waals surface area contributed by atoms with Crippen molar-refractivity contribution in [3.05, 3.63) is 51.6 Å². The summed E-state index contributed by atoms with van der Waals surface area (Å²) in [4.78, 5) is 11.5. The van der Waals surface area contributed by atoms with Crippen LogP contribution in [0.15, 0.2) is 30.3 Å². The highest BCUT2D eigenvalue weighted by atomic mass is 16.6. The van der Waals surface area contributed by atoms with Gasteiger partial charge in [-0.25, -0.2) is 0 Å². The largest absolute Gasteiger partial charge is 0.493 e. The first-order valence-electron chi connectivity index (χ1n) is 11.9. The van der Waals surface area contributed by atoms with E-state index in [4.69, 9.17) is 23.7 Å². The van der Waals surface area contributed by atoms with E-state index < -0.39 is 22.5 Å². The van der Waals surface area contributed by atoms with Gasteiger partial charge in [-0.2, -0.15) is 5.26 Å². The van der Waals surface area contributed by atoms with E-state index in [0.717, 1.165) is 0 Å². The first-order chi connectivity index (χ1) is 17.6. The summed E-state index contributed by atoms with van der Waals surface area (Å²) in [6.45, 7) is 3.78. The minimum absolute atomic E-state index is 0.0160. The van der Waals surface area contributed by atoms with Crippen LogP contribution in [0.2, 0.25) is 0 Å². The molecular weight excluding hydrogens is 480 g/mol. The third kappa shape index (κ3) is 6.17. The standard InChI is InChI=1S/C27H36N2O8/c1-17(2)27(16-28,19-9-11-23(34-4)26(37-7)25(19)36-6)13-12-21(30)20(29(31)32)14-18-8-10-22(33-3)24(15-18)35-5/h8-11,15,17,20-21,30H,12-14H2,1-7H3. The van der Waals surface area contributed by atoms with Crippen LogP contribution in [0.4, 0.5) is 0 Å². The Kier molecular flexibility index (Phi) is 10.4. The lowest BCUT2D eigenvalue weighted by atomic mass is 9.68. The molecule has 202 valence electrons. The number of nitrogens with zero attached hydrogens (tertiary/aromatic N) is 2. The van der Waals surface area contributed by atoms with Crippen molar-refractivity contribution < 1.29 is 33.7 Å². The van der Waals surface area contributed by atoms with Gasteiger partial charge in [-0.3, -0.25) is 10.1 Å². The quantitative estimate of drug-likeness (QED) is 0.290. The lowest BCUT2D eigenvalue weighted by Gasteiger charge is -2.34. The number of methoxy groups -OCH3 is 5. The molecule has 0 heterocycles. The lowest BCUT2D eigenvalue weighted by molar-refractivity contribution is -0.534. The third-order valence-corrected chi connectivity index (χ3v) is 6.81. The maximum absolute atomic E-state index is 11.9. The molecular formula is C27H36N2O8. The molecule has 10 heteroatoms. The molecule has 2 rings (SSSR count). The summed E-state index contributed by atoms with van der Waals surface area (Å²) in [7, 11) is 7.45. The van der Waals surface area contributed by atoms with Gasteiger partial charge in [0, 0.05) is 16.9 Å². The molecule has 0 aliphatic carbocycles. The smallest absolute Gasteiger partial charge is 0.242 e. The number of rotatable bonds is 14. The first-order valence-corrected chi connectivity index (χ1v) is 11.9. The number of benzene rings is 2. The zero-order chi connectivity index (χ0) is 27.8. The minimum Gasteiger partial charge on any atom is -0.493 e. The van der Waals surface area contributed by atoms with Gasteiger partial charge in [0.2, 0.25) is 11.8 Å². The van der Waals surface area contributed by atoms with Gasteiger partial charge < -0.3 is 28.8 Å². The first kappa shape index (κ1) is 29.5. The molecule has 0 aliphatic heterocycles. The van der Waals surface area contributed by atoms with Crippen molar-refractivity contribution in [2.45, 2.75) is 50.7 Å². The van der Waals surface area contributed by atoms with E-state index in [1.54, 1.807) is 30.3 Å². The fourth-order valence-electron chi connectivity index (χ4n) is 4.60. The highest BCUT2D eigenvalue weighted by Crippen LogP contribution is 2.48. The fourth-order valence-corrected chi connectivity index (χ4v) is 4.60. The maximum Gasteiger partial charge on any atom is 0.242 e. The van der Waals surface area contributed by atoms with Gasteiger partial charge in [-0.1, -0.05) is 19.9 Å². The number of aliphatic hydroxyl groups is 1. The molecule has 2 aromatic rings. The van der Waals surface area contributed by atoms with Crippen molar-refractivity contribution >= 4 is 0 Å². The molecule has 2 aromatic carbocycles. The molecule has 0 bridgehead atoms. The Balaban J connectivity index is 2.40. The Hall–Kier alpha value is -3.71. The van der Waals surface area contributed by atoms with Crippen LogP contribution < -0.4 is 23.7 Å². The molecule has 0 saturated heterocycles. The van der Waals surface area contributed by atoms with Gasteiger partial charge >= 0.3 is 0 Å². The Labute approximate surface area is 217 Å². The second-order valence-electron chi connectivity index (χ2n) is 8.97. The van der Waals surface area contributed by atoms with Crippen LogP contribution in [0.5, 0.6) is 28.7 Å². The second kappa shape index (κ2) is 13.0. The van der Waals surface area contributed by atoms with E-state index in [0.29, 0.717) is 39.9 Å². The number of nitro groups is 1. The van der Waals surface area contributed by atoms with E-state index in [1.807, 2.05) is 13.8 Å². The monoisotopic (exact) mass is 516 g/mol. The predicted octanol–water partition coefficient (Wildman–Crippen LogP) is 4.18. The third-order valence-electron chi connectivity index (χ3n) is 6.81. The molecule has 0 aliphatic rings. The molecule has 0 fully saturated rings. The van der Waals surface area contributed by atoms with E-state index in [9.17, 15) is 20.5 Å². The molecule has 0 saturated carbocycles. The van der Waals surface area contributed by atoms with Crippen molar-refractivity contribution in [2.75, 3.05) is 35.5 Å². The zero-order valence-electron chi connectivity index (χ0n) is 22.4. The molecule has 1 N–H and O–H groups in total. The molecule has 3 unspecified atom stereocenters. The summed E-state index contributed by atoms with van der Waals surface area (Å²) in [5.41, 5.74) is 0.0707. The molecule has 0 spiro atoms. The second-order valence-corrected chi connectivity index (χ2v) is 8.97. The van der Waals surface area contributed by atoms with Gasteiger partial charge in [-0.05, 0) is 48.6 Å². The number of nitriles is 1. The number of aliphatic hydroxyl groups excluding tert-OH is 1. The molecule has 3 atom stereocenters. The molecule has 10 nitrogen and oxygen atoms in total. The predicted molar refractivity (Wildman–Crippen MR) is 138 cm³/mol. The topological polar surface area (TPSA) is 133 Å². The maximum atomic E-state index is 11.9. The van der Waals surface area contributed by atoms with Crippen LogP contribution in [-0.4, -0.2) is 57.7 Å². The Bertz CT molecular complexity index is 1110. The average molecular weight is 517 g/mol. The van der Waals surface area contributed by atoms with Crippen molar-refractivity contribution in [3.63, 3.8) is 0 Å².